The zero-order valence-electron chi connectivity index (χ0n) is 11.8. The summed E-state index contributed by atoms with van der Waals surface area (Å²) in [5, 5.41) is 9.83. The molecule has 3 heterocycles. The van der Waals surface area contributed by atoms with Gasteiger partial charge in [0.25, 0.3) is 0 Å². The average molecular weight is 291 g/mol. The van der Waals surface area contributed by atoms with Gasteiger partial charge in [-0.25, -0.2) is 14.4 Å². The highest BCUT2D eigenvalue weighted by molar-refractivity contribution is 5.37. The third-order valence-electron chi connectivity index (χ3n) is 3.79. The van der Waals surface area contributed by atoms with Gasteiger partial charge in [-0.1, -0.05) is 6.92 Å². The molecule has 0 amide bonds. The van der Waals surface area contributed by atoms with Crippen molar-refractivity contribution in [3.63, 3.8) is 0 Å². The van der Waals surface area contributed by atoms with Gasteiger partial charge in [-0.05, 0) is 12.8 Å². The van der Waals surface area contributed by atoms with Crippen LogP contribution in [0, 0.1) is 11.7 Å². The summed E-state index contributed by atoms with van der Waals surface area (Å²) in [5.41, 5.74) is 1.46. The van der Waals surface area contributed by atoms with Crippen molar-refractivity contribution in [1.29, 1.82) is 0 Å². The predicted octanol–water partition coefficient (Wildman–Crippen LogP) is 2.09. The summed E-state index contributed by atoms with van der Waals surface area (Å²) < 4.78 is 19.8. The molecule has 0 spiro atoms. The SMILES string of the molecule is CCc1ncnc(NC[C@H]2CCO[C@@H]2c2cn[nH]c2)c1F. The summed E-state index contributed by atoms with van der Waals surface area (Å²) in [6.07, 6.45) is 6.46. The van der Waals surface area contributed by atoms with E-state index in [1.165, 1.54) is 6.33 Å². The van der Waals surface area contributed by atoms with Gasteiger partial charge in [-0.2, -0.15) is 5.10 Å². The molecule has 7 heteroatoms. The zero-order valence-corrected chi connectivity index (χ0v) is 11.8. The monoisotopic (exact) mass is 291 g/mol. The van der Waals surface area contributed by atoms with Gasteiger partial charge in [-0.3, -0.25) is 5.10 Å². The molecule has 1 saturated heterocycles. The second-order valence-electron chi connectivity index (χ2n) is 5.09. The largest absolute Gasteiger partial charge is 0.373 e. The van der Waals surface area contributed by atoms with E-state index in [-0.39, 0.29) is 23.7 Å². The summed E-state index contributed by atoms with van der Waals surface area (Å²) in [5.74, 6) is 0.167. The molecule has 0 aromatic carbocycles. The van der Waals surface area contributed by atoms with E-state index in [2.05, 4.69) is 25.5 Å². The first-order chi connectivity index (χ1) is 10.3. The molecule has 1 aliphatic rings. The van der Waals surface area contributed by atoms with Crippen LogP contribution in [0.1, 0.15) is 30.7 Å². The van der Waals surface area contributed by atoms with Crippen LogP contribution < -0.4 is 5.32 Å². The molecule has 2 aromatic rings. The molecular weight excluding hydrogens is 273 g/mol. The van der Waals surface area contributed by atoms with Gasteiger partial charge >= 0.3 is 0 Å². The number of nitrogens with one attached hydrogen (secondary N) is 2. The van der Waals surface area contributed by atoms with Crippen molar-refractivity contribution in [2.75, 3.05) is 18.5 Å². The van der Waals surface area contributed by atoms with Crippen molar-refractivity contribution in [2.45, 2.75) is 25.9 Å². The number of H-pyrrole nitrogens is 1. The number of aromatic amines is 1. The summed E-state index contributed by atoms with van der Waals surface area (Å²) in [6.45, 7) is 3.18. The standard InChI is InChI=1S/C14H18FN5O/c1-2-11-12(15)14(18-8-17-11)16-5-9-3-4-21-13(9)10-6-19-20-7-10/h6-9,13H,2-5H2,1H3,(H,19,20)(H,16,17,18)/t9-,13+/m1/s1. The first-order valence-corrected chi connectivity index (χ1v) is 7.13. The summed E-state index contributed by atoms with van der Waals surface area (Å²) in [7, 11) is 0. The molecule has 0 unspecified atom stereocenters. The van der Waals surface area contributed by atoms with Crippen LogP contribution in [0.4, 0.5) is 10.2 Å². The fourth-order valence-corrected chi connectivity index (χ4v) is 2.63. The summed E-state index contributed by atoms with van der Waals surface area (Å²) >= 11 is 0. The molecular formula is C14H18FN5O. The van der Waals surface area contributed by atoms with E-state index < -0.39 is 0 Å². The molecule has 2 atom stereocenters. The van der Waals surface area contributed by atoms with Crippen LogP contribution in [0.5, 0.6) is 0 Å². The highest BCUT2D eigenvalue weighted by Crippen LogP contribution is 2.34. The van der Waals surface area contributed by atoms with Gasteiger partial charge < -0.3 is 10.1 Å². The molecule has 0 saturated carbocycles. The Morgan fingerprint density at radius 2 is 2.38 bits per heavy atom. The summed E-state index contributed by atoms with van der Waals surface area (Å²) in [6, 6.07) is 0. The van der Waals surface area contributed by atoms with Gasteiger partial charge in [0.1, 0.15) is 6.33 Å². The fraction of sp³-hybridized carbons (Fsp3) is 0.500. The van der Waals surface area contributed by atoms with E-state index >= 15 is 0 Å². The number of aryl methyl sites for hydroxylation is 1. The Hall–Kier alpha value is -2.02. The van der Waals surface area contributed by atoms with E-state index in [4.69, 9.17) is 4.74 Å². The highest BCUT2D eigenvalue weighted by atomic mass is 19.1. The number of anilines is 1. The van der Waals surface area contributed by atoms with Crippen LogP contribution in [0.15, 0.2) is 18.7 Å². The number of rotatable bonds is 5. The van der Waals surface area contributed by atoms with Crippen LogP contribution in [0.3, 0.4) is 0 Å². The van der Waals surface area contributed by atoms with Gasteiger partial charge in [0.2, 0.25) is 0 Å². The lowest BCUT2D eigenvalue weighted by molar-refractivity contribution is 0.0933. The maximum atomic E-state index is 14.1. The molecule has 2 aromatic heterocycles. The van der Waals surface area contributed by atoms with Crippen LogP contribution in [0.25, 0.3) is 0 Å². The molecule has 0 bridgehead atoms. The molecule has 3 rings (SSSR count). The van der Waals surface area contributed by atoms with Crippen molar-refractivity contribution in [3.8, 4) is 0 Å². The normalized spacial score (nSPS) is 21.6. The van der Waals surface area contributed by atoms with E-state index in [9.17, 15) is 4.39 Å². The highest BCUT2D eigenvalue weighted by Gasteiger charge is 2.30. The minimum atomic E-state index is -0.362. The lowest BCUT2D eigenvalue weighted by Crippen LogP contribution is -2.19. The maximum absolute atomic E-state index is 14.1. The summed E-state index contributed by atoms with van der Waals surface area (Å²) in [4.78, 5) is 7.91. The Morgan fingerprint density at radius 1 is 1.48 bits per heavy atom. The number of halogens is 1. The Balaban J connectivity index is 1.67. The fourth-order valence-electron chi connectivity index (χ4n) is 2.63. The van der Waals surface area contributed by atoms with Crippen LogP contribution in [0.2, 0.25) is 0 Å². The quantitative estimate of drug-likeness (QED) is 0.882. The van der Waals surface area contributed by atoms with Crippen LogP contribution in [-0.4, -0.2) is 33.3 Å². The first kappa shape index (κ1) is 13.9. The Labute approximate surface area is 122 Å². The number of ether oxygens (including phenoxy) is 1. The van der Waals surface area contributed by atoms with Crippen molar-refractivity contribution in [3.05, 3.63) is 35.8 Å². The molecule has 2 N–H and O–H groups in total. The van der Waals surface area contributed by atoms with Gasteiger partial charge in [-0.15, -0.1) is 0 Å². The molecule has 0 radical (unpaired) electrons. The Kier molecular flexibility index (Phi) is 4.10. The molecule has 21 heavy (non-hydrogen) atoms. The molecule has 112 valence electrons. The molecule has 6 nitrogen and oxygen atoms in total. The maximum Gasteiger partial charge on any atom is 0.186 e. The number of aromatic nitrogens is 4. The minimum absolute atomic E-state index is 0.00760. The molecule has 0 aliphatic carbocycles. The topological polar surface area (TPSA) is 75.7 Å². The number of hydrogen-bond donors (Lipinski definition) is 2. The number of nitrogens with zero attached hydrogens (tertiary/aromatic N) is 3. The second-order valence-corrected chi connectivity index (χ2v) is 5.09. The second kappa shape index (κ2) is 6.17. The van der Waals surface area contributed by atoms with Crippen molar-refractivity contribution < 1.29 is 9.13 Å². The van der Waals surface area contributed by atoms with E-state index in [0.717, 1.165) is 12.0 Å². The average Bonchev–Trinajstić information content (AvgIpc) is 3.17. The predicted molar refractivity (Wildman–Crippen MR) is 75.2 cm³/mol. The van der Waals surface area contributed by atoms with Gasteiger partial charge in [0, 0.05) is 30.8 Å². The van der Waals surface area contributed by atoms with Crippen molar-refractivity contribution in [2.24, 2.45) is 5.92 Å². The van der Waals surface area contributed by atoms with E-state index in [1.54, 1.807) is 6.20 Å². The Morgan fingerprint density at radius 3 is 3.14 bits per heavy atom. The van der Waals surface area contributed by atoms with Crippen LogP contribution >= 0.6 is 0 Å². The van der Waals surface area contributed by atoms with Gasteiger partial charge in [0.05, 0.1) is 18.0 Å². The first-order valence-electron chi connectivity index (χ1n) is 7.13. The lowest BCUT2D eigenvalue weighted by atomic mass is 9.97. The third kappa shape index (κ3) is 2.87. The smallest absolute Gasteiger partial charge is 0.186 e. The van der Waals surface area contributed by atoms with Crippen molar-refractivity contribution in [1.82, 2.24) is 20.2 Å². The van der Waals surface area contributed by atoms with E-state index in [1.807, 2.05) is 13.1 Å². The number of hydrogen-bond acceptors (Lipinski definition) is 5. The molecule has 1 fully saturated rings. The van der Waals surface area contributed by atoms with Gasteiger partial charge in [0.15, 0.2) is 11.6 Å². The zero-order chi connectivity index (χ0) is 14.7. The van der Waals surface area contributed by atoms with E-state index in [0.29, 0.717) is 25.3 Å². The lowest BCUT2D eigenvalue weighted by Gasteiger charge is -2.18. The minimum Gasteiger partial charge on any atom is -0.373 e. The van der Waals surface area contributed by atoms with Crippen molar-refractivity contribution >= 4 is 5.82 Å². The Bertz CT molecular complexity index is 589. The molecule has 1 aliphatic heterocycles. The third-order valence-corrected chi connectivity index (χ3v) is 3.79. The van der Waals surface area contributed by atoms with Crippen LogP contribution in [-0.2, 0) is 11.2 Å².